The van der Waals surface area contributed by atoms with Gasteiger partial charge in [0, 0.05) is 19.3 Å². The van der Waals surface area contributed by atoms with Gasteiger partial charge in [0.25, 0.3) is 0 Å². The van der Waals surface area contributed by atoms with Crippen molar-refractivity contribution in [1.82, 2.24) is 0 Å². The van der Waals surface area contributed by atoms with Gasteiger partial charge in [0.2, 0.25) is 0 Å². The fourth-order valence-corrected chi connectivity index (χ4v) is 5.59. The third-order valence-electron chi connectivity index (χ3n) is 8.65. The second-order valence-electron chi connectivity index (χ2n) is 14.2. The lowest BCUT2D eigenvalue weighted by Crippen LogP contribution is -2.55. The number of rotatable bonds is 34. The number of nitrogens with zero attached hydrogens (tertiary/aromatic N) is 1. The van der Waals surface area contributed by atoms with Gasteiger partial charge in [0.15, 0.2) is 6.10 Å². The molecule has 0 rings (SSSR count). The molecule has 0 amide bonds. The molecule has 0 aliphatic heterocycles. The van der Waals surface area contributed by atoms with Crippen LogP contribution < -0.4 is 5.11 Å². The molecule has 47 heavy (non-hydrogen) atoms. The summed E-state index contributed by atoms with van der Waals surface area (Å²) >= 11 is 0. The van der Waals surface area contributed by atoms with Crippen molar-refractivity contribution in [3.8, 4) is 0 Å². The molecule has 0 spiro atoms. The third kappa shape index (κ3) is 29.9. The van der Waals surface area contributed by atoms with E-state index in [1.54, 1.807) is 21.1 Å². The first-order valence-electron chi connectivity index (χ1n) is 19.2. The molecule has 0 aromatic heterocycles. The Balaban J connectivity index is 4.41. The van der Waals surface area contributed by atoms with Gasteiger partial charge in [-0.15, -0.1) is 0 Å². The highest BCUT2D eigenvalue weighted by atomic mass is 16.6. The molecule has 0 aromatic carbocycles. The first-order valence-corrected chi connectivity index (χ1v) is 19.2. The Hall–Kier alpha value is -1.93. The van der Waals surface area contributed by atoms with Crippen LogP contribution >= 0.6 is 0 Å². The maximum Gasteiger partial charge on any atom is 0.306 e. The molecule has 8 nitrogen and oxygen atoms in total. The van der Waals surface area contributed by atoms with Gasteiger partial charge in [-0.2, -0.15) is 0 Å². The predicted molar refractivity (Wildman–Crippen MR) is 190 cm³/mol. The number of carbonyl (C=O) groups excluding carboxylic acids is 3. The number of esters is 2. The second-order valence-corrected chi connectivity index (χ2v) is 14.2. The lowest BCUT2D eigenvalue weighted by atomic mass is 10.1. The van der Waals surface area contributed by atoms with Gasteiger partial charge >= 0.3 is 11.9 Å². The van der Waals surface area contributed by atoms with Crippen LogP contribution in [0.4, 0.5) is 0 Å². The Kier molecular flexibility index (Phi) is 30.1. The number of unbranched alkanes of at least 4 members (excludes halogenated alkanes) is 18. The van der Waals surface area contributed by atoms with E-state index in [1.807, 2.05) is 0 Å². The summed E-state index contributed by atoms with van der Waals surface area (Å²) in [6.07, 6.45) is 29.5. The van der Waals surface area contributed by atoms with Crippen LogP contribution in [-0.4, -0.2) is 75.5 Å². The normalized spacial score (nSPS) is 13.1. The molecular formula is C39H73NO7. The molecular weight excluding hydrogens is 594 g/mol. The number of ether oxygens (including phenoxy) is 3. The van der Waals surface area contributed by atoms with Gasteiger partial charge in [-0.1, -0.05) is 122 Å². The fraction of sp³-hybridized carbons (Fsp3) is 0.872. The Morgan fingerprint density at radius 3 is 1.53 bits per heavy atom. The maximum absolute atomic E-state index is 12.6. The summed E-state index contributed by atoms with van der Waals surface area (Å²) < 4.78 is 17.1. The Bertz CT molecular complexity index is 793. The van der Waals surface area contributed by atoms with E-state index in [-0.39, 0.29) is 42.7 Å². The number of carbonyl (C=O) groups is 3. The minimum atomic E-state index is -1.13. The van der Waals surface area contributed by atoms with E-state index in [0.29, 0.717) is 12.8 Å². The molecule has 0 heterocycles. The van der Waals surface area contributed by atoms with Crippen LogP contribution in [0.25, 0.3) is 0 Å². The van der Waals surface area contributed by atoms with Crippen molar-refractivity contribution < 1.29 is 38.2 Å². The van der Waals surface area contributed by atoms with Crippen molar-refractivity contribution in [2.24, 2.45) is 0 Å². The zero-order valence-electron chi connectivity index (χ0n) is 31.2. The van der Waals surface area contributed by atoms with Gasteiger partial charge < -0.3 is 28.6 Å². The first kappa shape index (κ1) is 45.1. The molecule has 0 radical (unpaired) electrons. The lowest BCUT2D eigenvalue weighted by Gasteiger charge is -2.34. The van der Waals surface area contributed by atoms with E-state index >= 15 is 0 Å². The number of carboxylic acid groups (broad SMARTS) is 1. The summed E-state index contributed by atoms with van der Waals surface area (Å²) in [5.74, 6) is -1.74. The second kappa shape index (κ2) is 31.3. The van der Waals surface area contributed by atoms with Crippen molar-refractivity contribution in [3.63, 3.8) is 0 Å². The molecule has 2 atom stereocenters. The molecule has 0 aromatic rings. The van der Waals surface area contributed by atoms with Gasteiger partial charge in [-0.3, -0.25) is 9.59 Å². The summed E-state index contributed by atoms with van der Waals surface area (Å²) in [7, 11) is 5.39. The molecule has 0 fully saturated rings. The SMILES string of the molecule is CCCCCCC/C=C\CCCCCCCC(=O)OC(COCCC(C(=O)[O-])[N+](C)(C)C)COC(=O)CCCCCCCCCCC. The molecule has 0 aliphatic carbocycles. The Morgan fingerprint density at radius 2 is 1.06 bits per heavy atom. The van der Waals surface area contributed by atoms with Crippen LogP contribution in [0.2, 0.25) is 0 Å². The molecule has 0 bridgehead atoms. The van der Waals surface area contributed by atoms with E-state index in [9.17, 15) is 19.5 Å². The monoisotopic (exact) mass is 668 g/mol. The van der Waals surface area contributed by atoms with Gasteiger partial charge in [0.05, 0.1) is 40.3 Å². The average Bonchev–Trinajstić information content (AvgIpc) is 3.01. The van der Waals surface area contributed by atoms with E-state index in [1.165, 1.54) is 83.5 Å². The smallest absolute Gasteiger partial charge is 0.306 e. The highest BCUT2D eigenvalue weighted by Crippen LogP contribution is 2.13. The van der Waals surface area contributed by atoms with Crippen molar-refractivity contribution in [3.05, 3.63) is 12.2 Å². The summed E-state index contributed by atoms with van der Waals surface area (Å²) in [5.41, 5.74) is 0. The number of aliphatic carboxylic acids is 1. The van der Waals surface area contributed by atoms with Crippen LogP contribution in [0.1, 0.15) is 168 Å². The van der Waals surface area contributed by atoms with Crippen LogP contribution in [-0.2, 0) is 28.6 Å². The number of hydrogen-bond donors (Lipinski definition) is 0. The number of quaternary nitrogens is 1. The number of carboxylic acids is 1. The van der Waals surface area contributed by atoms with Crippen molar-refractivity contribution in [2.75, 3.05) is 41.0 Å². The van der Waals surface area contributed by atoms with E-state index < -0.39 is 18.1 Å². The summed E-state index contributed by atoms with van der Waals surface area (Å²) in [6, 6.07) is -0.721. The predicted octanol–water partition coefficient (Wildman–Crippen LogP) is 8.24. The molecule has 0 saturated heterocycles. The minimum absolute atomic E-state index is 0.0419. The summed E-state index contributed by atoms with van der Waals surface area (Å²) in [6.45, 7) is 4.62. The topological polar surface area (TPSA) is 102 Å². The number of allylic oxidation sites excluding steroid dienone is 2. The van der Waals surface area contributed by atoms with Gasteiger partial charge in [-0.25, -0.2) is 0 Å². The third-order valence-corrected chi connectivity index (χ3v) is 8.65. The summed E-state index contributed by atoms with van der Waals surface area (Å²) in [4.78, 5) is 36.6. The van der Waals surface area contributed by atoms with E-state index in [2.05, 4.69) is 26.0 Å². The zero-order chi connectivity index (χ0) is 35.0. The van der Waals surface area contributed by atoms with Crippen LogP contribution in [0.15, 0.2) is 12.2 Å². The van der Waals surface area contributed by atoms with Crippen molar-refractivity contribution >= 4 is 17.9 Å². The van der Waals surface area contributed by atoms with Gasteiger partial charge in [0.1, 0.15) is 12.6 Å². The van der Waals surface area contributed by atoms with Crippen LogP contribution in [0.3, 0.4) is 0 Å². The van der Waals surface area contributed by atoms with E-state index in [4.69, 9.17) is 14.2 Å². The minimum Gasteiger partial charge on any atom is -0.544 e. The Labute approximate surface area is 289 Å². The average molecular weight is 668 g/mol. The first-order chi connectivity index (χ1) is 22.6. The lowest BCUT2D eigenvalue weighted by molar-refractivity contribution is -0.889. The van der Waals surface area contributed by atoms with Crippen molar-refractivity contribution in [2.45, 2.75) is 180 Å². The highest BCUT2D eigenvalue weighted by molar-refractivity contribution is 5.70. The quantitative estimate of drug-likeness (QED) is 0.0295. The molecule has 8 heteroatoms. The van der Waals surface area contributed by atoms with Crippen molar-refractivity contribution in [1.29, 1.82) is 0 Å². The van der Waals surface area contributed by atoms with E-state index in [0.717, 1.165) is 51.4 Å². The number of likely N-dealkylation sites (N-methyl/N-ethyl adjacent to an activating group) is 1. The number of hydrogen-bond acceptors (Lipinski definition) is 7. The largest absolute Gasteiger partial charge is 0.544 e. The molecule has 0 N–H and O–H groups in total. The van der Waals surface area contributed by atoms with Gasteiger partial charge in [-0.05, 0) is 38.5 Å². The standard InChI is InChI=1S/C39H73NO7/c1-6-8-10-12-14-16-17-18-19-20-22-24-26-28-30-38(42)47-35(33-45-32-31-36(39(43)44)40(3,4)5)34-46-37(41)29-27-25-23-21-15-13-11-9-7-2/h17-18,35-36H,6-16,19-34H2,1-5H3/b18-17-. The zero-order valence-corrected chi connectivity index (χ0v) is 31.2. The molecule has 276 valence electrons. The van der Waals surface area contributed by atoms with Crippen LogP contribution in [0.5, 0.6) is 0 Å². The Morgan fingerprint density at radius 1 is 0.617 bits per heavy atom. The molecule has 2 unspecified atom stereocenters. The maximum atomic E-state index is 12.6. The fourth-order valence-electron chi connectivity index (χ4n) is 5.59. The highest BCUT2D eigenvalue weighted by Gasteiger charge is 2.25. The molecule has 0 saturated carbocycles. The van der Waals surface area contributed by atoms with Crippen LogP contribution in [0, 0.1) is 0 Å². The summed E-state index contributed by atoms with van der Waals surface area (Å²) in [5, 5.41) is 11.6. The molecule has 0 aliphatic rings.